The Bertz CT molecular complexity index is 375. The van der Waals surface area contributed by atoms with Crippen LogP contribution >= 0.6 is 0 Å². The quantitative estimate of drug-likeness (QED) is 0.735. The molecule has 1 rings (SSSR count). The van der Waals surface area contributed by atoms with E-state index in [1.54, 1.807) is 19.9 Å². The van der Waals surface area contributed by atoms with E-state index >= 15 is 0 Å². The van der Waals surface area contributed by atoms with E-state index in [0.29, 0.717) is 6.54 Å². The Hall–Kier alpha value is -1.13. The fraction of sp³-hybridized carbons (Fsp3) is 0.571. The fourth-order valence-electron chi connectivity index (χ4n) is 1.50. The highest BCUT2D eigenvalue weighted by Crippen LogP contribution is 2.23. The van der Waals surface area contributed by atoms with Crippen LogP contribution in [0.4, 0.5) is 4.39 Å². The molecule has 0 aliphatic heterocycles. The van der Waals surface area contributed by atoms with Crippen molar-refractivity contribution in [2.45, 2.75) is 39.3 Å². The Labute approximate surface area is 108 Å². The van der Waals surface area contributed by atoms with Crippen molar-refractivity contribution in [1.29, 1.82) is 0 Å². The molecule has 0 heterocycles. The third kappa shape index (κ3) is 5.02. The molecule has 1 aromatic rings. The second-order valence-corrected chi connectivity index (χ2v) is 5.01. The van der Waals surface area contributed by atoms with Crippen LogP contribution in [0.15, 0.2) is 18.2 Å². The molecule has 0 aliphatic carbocycles. The van der Waals surface area contributed by atoms with Gasteiger partial charge in [0, 0.05) is 12.1 Å². The van der Waals surface area contributed by atoms with Crippen molar-refractivity contribution in [3.8, 4) is 5.75 Å². The van der Waals surface area contributed by atoms with E-state index < -0.39 is 11.4 Å². The lowest BCUT2D eigenvalue weighted by Crippen LogP contribution is -2.28. The molecule has 0 bridgehead atoms. The first kappa shape index (κ1) is 14.9. The van der Waals surface area contributed by atoms with Gasteiger partial charge in [-0.1, -0.05) is 19.1 Å². The molecule has 4 heteroatoms. The monoisotopic (exact) mass is 255 g/mol. The Morgan fingerprint density at radius 1 is 1.39 bits per heavy atom. The van der Waals surface area contributed by atoms with E-state index in [4.69, 9.17) is 4.74 Å². The van der Waals surface area contributed by atoms with Crippen LogP contribution in [0.5, 0.6) is 5.75 Å². The van der Waals surface area contributed by atoms with Crippen LogP contribution < -0.4 is 10.1 Å². The zero-order valence-corrected chi connectivity index (χ0v) is 11.3. The van der Waals surface area contributed by atoms with Gasteiger partial charge in [-0.2, -0.15) is 0 Å². The van der Waals surface area contributed by atoms with E-state index in [1.807, 2.05) is 6.07 Å². The minimum atomic E-state index is -0.976. The van der Waals surface area contributed by atoms with Crippen LogP contribution in [0.1, 0.15) is 32.8 Å². The Kier molecular flexibility index (Phi) is 5.56. The molecular formula is C14H22FNO2. The fourth-order valence-corrected chi connectivity index (χ4v) is 1.50. The number of halogens is 1. The lowest BCUT2D eigenvalue weighted by atomic mass is 10.1. The second kappa shape index (κ2) is 6.71. The van der Waals surface area contributed by atoms with Gasteiger partial charge in [-0.15, -0.1) is 0 Å². The lowest BCUT2D eigenvalue weighted by Gasteiger charge is -2.20. The van der Waals surface area contributed by atoms with Crippen LogP contribution in [0.2, 0.25) is 0 Å². The summed E-state index contributed by atoms with van der Waals surface area (Å²) >= 11 is 0. The van der Waals surface area contributed by atoms with Crippen LogP contribution in [0.3, 0.4) is 0 Å². The summed E-state index contributed by atoms with van der Waals surface area (Å²) in [6, 6.07) is 4.85. The molecule has 0 saturated carbocycles. The molecule has 1 aromatic carbocycles. The van der Waals surface area contributed by atoms with Crippen molar-refractivity contribution < 1.29 is 14.2 Å². The Balaban J connectivity index is 2.74. The lowest BCUT2D eigenvalue weighted by molar-refractivity contribution is 0.0268. The number of benzene rings is 1. The number of rotatable bonds is 7. The van der Waals surface area contributed by atoms with Gasteiger partial charge >= 0.3 is 0 Å². The Morgan fingerprint density at radius 2 is 2.11 bits per heavy atom. The maximum atomic E-state index is 13.7. The largest absolute Gasteiger partial charge is 0.487 e. The summed E-state index contributed by atoms with van der Waals surface area (Å²) < 4.78 is 19.1. The summed E-state index contributed by atoms with van der Waals surface area (Å²) in [5, 5.41) is 12.8. The van der Waals surface area contributed by atoms with Crippen LogP contribution in [-0.2, 0) is 6.54 Å². The standard InChI is InChI=1S/C14H22FNO2/c1-4-8-16-9-11-6-5-7-12(15)13(11)18-10-14(2,3)17/h5-7,16-17H,4,8-10H2,1-3H3. The summed E-state index contributed by atoms with van der Waals surface area (Å²) in [4.78, 5) is 0. The summed E-state index contributed by atoms with van der Waals surface area (Å²) in [5.74, 6) is -0.168. The van der Waals surface area contributed by atoms with E-state index in [2.05, 4.69) is 12.2 Å². The molecule has 0 spiro atoms. The highest BCUT2D eigenvalue weighted by Gasteiger charge is 2.16. The molecule has 0 radical (unpaired) electrons. The molecule has 0 fully saturated rings. The normalized spacial score (nSPS) is 11.6. The molecule has 0 unspecified atom stereocenters. The van der Waals surface area contributed by atoms with E-state index in [-0.39, 0.29) is 12.4 Å². The first-order chi connectivity index (χ1) is 8.44. The van der Waals surface area contributed by atoms with Crippen molar-refractivity contribution in [3.63, 3.8) is 0 Å². The van der Waals surface area contributed by atoms with Crippen molar-refractivity contribution in [2.75, 3.05) is 13.2 Å². The van der Waals surface area contributed by atoms with Gasteiger partial charge in [0.2, 0.25) is 0 Å². The van der Waals surface area contributed by atoms with Gasteiger partial charge in [0.15, 0.2) is 11.6 Å². The zero-order valence-electron chi connectivity index (χ0n) is 11.3. The van der Waals surface area contributed by atoms with Crippen molar-refractivity contribution in [1.82, 2.24) is 5.32 Å². The first-order valence-corrected chi connectivity index (χ1v) is 6.27. The third-order valence-corrected chi connectivity index (χ3v) is 2.36. The molecule has 0 amide bonds. The molecule has 0 saturated heterocycles. The average molecular weight is 255 g/mol. The number of nitrogens with one attached hydrogen (secondary N) is 1. The van der Waals surface area contributed by atoms with Gasteiger partial charge < -0.3 is 15.2 Å². The highest BCUT2D eigenvalue weighted by molar-refractivity contribution is 5.35. The molecule has 0 aliphatic rings. The van der Waals surface area contributed by atoms with Gasteiger partial charge in [-0.25, -0.2) is 4.39 Å². The van der Waals surface area contributed by atoms with E-state index in [0.717, 1.165) is 18.5 Å². The van der Waals surface area contributed by atoms with E-state index in [1.165, 1.54) is 6.07 Å². The van der Waals surface area contributed by atoms with Gasteiger partial charge in [0.1, 0.15) is 6.61 Å². The topological polar surface area (TPSA) is 41.5 Å². The molecule has 3 nitrogen and oxygen atoms in total. The number of para-hydroxylation sites is 1. The molecule has 0 atom stereocenters. The number of aliphatic hydroxyl groups is 1. The average Bonchev–Trinajstić information content (AvgIpc) is 2.27. The molecular weight excluding hydrogens is 233 g/mol. The van der Waals surface area contributed by atoms with Crippen LogP contribution in [0.25, 0.3) is 0 Å². The maximum Gasteiger partial charge on any atom is 0.165 e. The minimum Gasteiger partial charge on any atom is -0.487 e. The number of hydrogen-bond donors (Lipinski definition) is 2. The van der Waals surface area contributed by atoms with Gasteiger partial charge in [-0.05, 0) is 32.9 Å². The second-order valence-electron chi connectivity index (χ2n) is 5.01. The first-order valence-electron chi connectivity index (χ1n) is 6.27. The zero-order chi connectivity index (χ0) is 13.6. The van der Waals surface area contributed by atoms with Crippen molar-refractivity contribution in [3.05, 3.63) is 29.6 Å². The van der Waals surface area contributed by atoms with Crippen LogP contribution in [-0.4, -0.2) is 23.9 Å². The third-order valence-electron chi connectivity index (χ3n) is 2.36. The highest BCUT2D eigenvalue weighted by atomic mass is 19.1. The van der Waals surface area contributed by atoms with Gasteiger partial charge in [0.25, 0.3) is 0 Å². The predicted molar refractivity (Wildman–Crippen MR) is 70.2 cm³/mol. The molecule has 18 heavy (non-hydrogen) atoms. The Morgan fingerprint density at radius 3 is 2.72 bits per heavy atom. The molecule has 2 N–H and O–H groups in total. The summed E-state index contributed by atoms with van der Waals surface area (Å²) in [5.41, 5.74) is -0.205. The van der Waals surface area contributed by atoms with Crippen LogP contribution in [0, 0.1) is 5.82 Å². The summed E-state index contributed by atoms with van der Waals surface area (Å²) in [6.07, 6.45) is 1.02. The maximum absolute atomic E-state index is 13.7. The predicted octanol–water partition coefficient (Wildman–Crippen LogP) is 2.48. The number of ether oxygens (including phenoxy) is 1. The summed E-state index contributed by atoms with van der Waals surface area (Å²) in [6.45, 7) is 6.83. The minimum absolute atomic E-state index is 0.0642. The van der Waals surface area contributed by atoms with Crippen molar-refractivity contribution >= 4 is 0 Å². The van der Waals surface area contributed by atoms with Gasteiger partial charge in [0.05, 0.1) is 5.60 Å². The molecule has 0 aromatic heterocycles. The van der Waals surface area contributed by atoms with Gasteiger partial charge in [-0.3, -0.25) is 0 Å². The SMILES string of the molecule is CCCNCc1cccc(F)c1OCC(C)(C)O. The molecule has 102 valence electrons. The van der Waals surface area contributed by atoms with Crippen molar-refractivity contribution in [2.24, 2.45) is 0 Å². The summed E-state index contributed by atoms with van der Waals surface area (Å²) in [7, 11) is 0. The smallest absolute Gasteiger partial charge is 0.165 e. The number of hydrogen-bond acceptors (Lipinski definition) is 3. The van der Waals surface area contributed by atoms with E-state index in [9.17, 15) is 9.50 Å².